The highest BCUT2D eigenvalue weighted by molar-refractivity contribution is 6.09. The van der Waals surface area contributed by atoms with Crippen LogP contribution in [0.4, 0.5) is 0 Å². The molecule has 5 rings (SSSR count). The minimum absolute atomic E-state index is 0.143. The first-order valence-electron chi connectivity index (χ1n) is 9.55. The van der Waals surface area contributed by atoms with Gasteiger partial charge in [0.25, 0.3) is 0 Å². The van der Waals surface area contributed by atoms with Gasteiger partial charge < -0.3 is 14.7 Å². The Morgan fingerprint density at radius 1 is 1.04 bits per heavy atom. The fourth-order valence-electron chi connectivity index (χ4n) is 4.31. The molecule has 0 atom stereocenters. The van der Waals surface area contributed by atoms with Crippen LogP contribution in [0.25, 0.3) is 32.9 Å². The van der Waals surface area contributed by atoms with Crippen molar-refractivity contribution < 1.29 is 9.84 Å². The second-order valence-electron chi connectivity index (χ2n) is 7.47. The van der Waals surface area contributed by atoms with E-state index in [2.05, 4.69) is 48.3 Å². The molecule has 1 aliphatic rings. The summed E-state index contributed by atoms with van der Waals surface area (Å²) in [5.41, 5.74) is 5.62. The predicted molar refractivity (Wildman–Crippen MR) is 113 cm³/mol. The van der Waals surface area contributed by atoms with Gasteiger partial charge in [-0.2, -0.15) is 0 Å². The van der Waals surface area contributed by atoms with Crippen molar-refractivity contribution in [3.05, 3.63) is 65.7 Å². The molecule has 4 aromatic rings. The third-order valence-corrected chi connectivity index (χ3v) is 5.72. The molecule has 0 aliphatic carbocycles. The molecule has 2 heterocycles. The number of methoxy groups -OCH3 is 1. The van der Waals surface area contributed by atoms with Crippen LogP contribution in [0.15, 0.2) is 54.6 Å². The Bertz CT molecular complexity index is 1220. The standard InChI is InChI=1S/C24H22N2O2/c1-26-12-11-18-19(14-26)24(16-8-10-21(27)22(13-16)28-2)25-20-9-7-15-5-3-4-6-17(15)23(18)20/h3-10,13,27H,11-12,14H2,1-2H3. The Kier molecular flexibility index (Phi) is 3.95. The minimum Gasteiger partial charge on any atom is -0.504 e. The number of aromatic nitrogens is 1. The molecule has 0 saturated carbocycles. The highest BCUT2D eigenvalue weighted by Crippen LogP contribution is 2.39. The molecule has 3 aromatic carbocycles. The Balaban J connectivity index is 1.86. The van der Waals surface area contributed by atoms with Crippen molar-refractivity contribution in [1.82, 2.24) is 9.88 Å². The van der Waals surface area contributed by atoms with Crippen LogP contribution in [0.3, 0.4) is 0 Å². The first-order chi connectivity index (χ1) is 13.7. The molecule has 1 aliphatic heterocycles. The van der Waals surface area contributed by atoms with Gasteiger partial charge in [0, 0.05) is 24.0 Å². The Labute approximate surface area is 164 Å². The number of phenols is 1. The molecule has 1 N–H and O–H groups in total. The predicted octanol–water partition coefficient (Wildman–Crippen LogP) is 4.76. The van der Waals surface area contributed by atoms with Gasteiger partial charge >= 0.3 is 0 Å². The number of pyridine rings is 1. The molecular formula is C24H22N2O2. The van der Waals surface area contributed by atoms with Gasteiger partial charge in [-0.05, 0) is 59.6 Å². The van der Waals surface area contributed by atoms with E-state index >= 15 is 0 Å². The first-order valence-corrected chi connectivity index (χ1v) is 9.55. The van der Waals surface area contributed by atoms with Crippen molar-refractivity contribution in [1.29, 1.82) is 0 Å². The van der Waals surface area contributed by atoms with E-state index < -0.39 is 0 Å². The fourth-order valence-corrected chi connectivity index (χ4v) is 4.31. The van der Waals surface area contributed by atoms with Crippen molar-refractivity contribution in [3.63, 3.8) is 0 Å². The Morgan fingerprint density at radius 3 is 2.75 bits per heavy atom. The summed E-state index contributed by atoms with van der Waals surface area (Å²) in [5, 5.41) is 13.8. The number of phenolic OH excluding ortho intramolecular Hbond substituents is 1. The summed E-state index contributed by atoms with van der Waals surface area (Å²) in [6, 6.07) is 18.3. The molecule has 0 amide bonds. The number of nitrogens with zero attached hydrogens (tertiary/aromatic N) is 2. The van der Waals surface area contributed by atoms with E-state index in [0.29, 0.717) is 5.75 Å². The highest BCUT2D eigenvalue weighted by Gasteiger charge is 2.23. The number of fused-ring (bicyclic) bond motifs is 5. The van der Waals surface area contributed by atoms with E-state index in [9.17, 15) is 5.11 Å². The summed E-state index contributed by atoms with van der Waals surface area (Å²) >= 11 is 0. The molecule has 28 heavy (non-hydrogen) atoms. The maximum Gasteiger partial charge on any atom is 0.161 e. The molecule has 0 bridgehead atoms. The van der Waals surface area contributed by atoms with Gasteiger partial charge in [-0.3, -0.25) is 0 Å². The van der Waals surface area contributed by atoms with Crippen molar-refractivity contribution in [3.8, 4) is 22.8 Å². The molecule has 0 radical (unpaired) electrons. The van der Waals surface area contributed by atoms with Crippen LogP contribution in [0, 0.1) is 0 Å². The van der Waals surface area contributed by atoms with E-state index in [-0.39, 0.29) is 5.75 Å². The molecule has 4 nitrogen and oxygen atoms in total. The van der Waals surface area contributed by atoms with Crippen LogP contribution in [0.5, 0.6) is 11.5 Å². The zero-order chi connectivity index (χ0) is 19.3. The van der Waals surface area contributed by atoms with Gasteiger partial charge in [-0.15, -0.1) is 0 Å². The number of likely N-dealkylation sites (N-methyl/N-ethyl adjacent to an activating group) is 1. The van der Waals surface area contributed by atoms with Crippen LogP contribution < -0.4 is 4.74 Å². The summed E-state index contributed by atoms with van der Waals surface area (Å²) in [7, 11) is 3.72. The summed E-state index contributed by atoms with van der Waals surface area (Å²) in [5.74, 6) is 0.611. The zero-order valence-corrected chi connectivity index (χ0v) is 16.1. The smallest absolute Gasteiger partial charge is 0.161 e. The van der Waals surface area contributed by atoms with Gasteiger partial charge in [0.05, 0.1) is 18.3 Å². The number of benzene rings is 3. The lowest BCUT2D eigenvalue weighted by Gasteiger charge is -2.28. The van der Waals surface area contributed by atoms with Gasteiger partial charge in [-0.25, -0.2) is 4.98 Å². The van der Waals surface area contributed by atoms with Gasteiger partial charge in [0.15, 0.2) is 11.5 Å². The zero-order valence-electron chi connectivity index (χ0n) is 16.1. The van der Waals surface area contributed by atoms with Gasteiger partial charge in [-0.1, -0.05) is 30.3 Å². The Hall–Kier alpha value is -3.11. The molecule has 140 valence electrons. The van der Waals surface area contributed by atoms with Crippen molar-refractivity contribution in [2.75, 3.05) is 20.7 Å². The van der Waals surface area contributed by atoms with E-state index in [4.69, 9.17) is 9.72 Å². The van der Waals surface area contributed by atoms with E-state index in [0.717, 1.165) is 36.3 Å². The molecule has 0 fully saturated rings. The number of ether oxygens (including phenoxy) is 1. The van der Waals surface area contributed by atoms with E-state index in [1.165, 1.54) is 27.3 Å². The Morgan fingerprint density at radius 2 is 1.89 bits per heavy atom. The monoisotopic (exact) mass is 370 g/mol. The number of rotatable bonds is 2. The lowest BCUT2D eigenvalue weighted by atomic mass is 9.89. The summed E-state index contributed by atoms with van der Waals surface area (Å²) in [6.07, 6.45) is 1.00. The molecule has 4 heteroatoms. The fraction of sp³-hybridized carbons (Fsp3) is 0.208. The lowest BCUT2D eigenvalue weighted by molar-refractivity contribution is 0.314. The molecule has 0 spiro atoms. The van der Waals surface area contributed by atoms with E-state index in [1.807, 2.05) is 12.1 Å². The van der Waals surface area contributed by atoms with Crippen LogP contribution in [-0.2, 0) is 13.0 Å². The summed E-state index contributed by atoms with van der Waals surface area (Å²) in [4.78, 5) is 7.42. The topological polar surface area (TPSA) is 45.6 Å². The second kappa shape index (κ2) is 6.50. The summed E-state index contributed by atoms with van der Waals surface area (Å²) in [6.45, 7) is 1.90. The number of hydrogen-bond donors (Lipinski definition) is 1. The number of hydrogen-bond acceptors (Lipinski definition) is 4. The van der Waals surface area contributed by atoms with Crippen LogP contribution in [0.2, 0.25) is 0 Å². The minimum atomic E-state index is 0.143. The van der Waals surface area contributed by atoms with Crippen LogP contribution >= 0.6 is 0 Å². The first kappa shape index (κ1) is 17.0. The number of aromatic hydroxyl groups is 1. The third kappa shape index (κ3) is 2.60. The quantitative estimate of drug-likeness (QED) is 0.517. The molecule has 0 saturated heterocycles. The van der Waals surface area contributed by atoms with Crippen LogP contribution in [0.1, 0.15) is 11.1 Å². The van der Waals surface area contributed by atoms with Crippen molar-refractivity contribution in [2.24, 2.45) is 0 Å². The van der Waals surface area contributed by atoms with Gasteiger partial charge in [0.1, 0.15) is 0 Å². The molecular weight excluding hydrogens is 348 g/mol. The normalized spacial score (nSPS) is 14.4. The SMILES string of the molecule is COc1cc(-c2nc3ccc4ccccc4c3c3c2CN(C)CC3)ccc1O. The molecule has 1 aromatic heterocycles. The largest absolute Gasteiger partial charge is 0.504 e. The summed E-state index contributed by atoms with van der Waals surface area (Å²) < 4.78 is 5.33. The molecule has 0 unspecified atom stereocenters. The lowest BCUT2D eigenvalue weighted by Crippen LogP contribution is -2.27. The second-order valence-corrected chi connectivity index (χ2v) is 7.47. The van der Waals surface area contributed by atoms with Gasteiger partial charge in [0.2, 0.25) is 0 Å². The van der Waals surface area contributed by atoms with Crippen molar-refractivity contribution in [2.45, 2.75) is 13.0 Å². The van der Waals surface area contributed by atoms with Crippen LogP contribution in [-0.4, -0.2) is 35.7 Å². The average molecular weight is 370 g/mol. The maximum absolute atomic E-state index is 10.00. The van der Waals surface area contributed by atoms with Crippen molar-refractivity contribution >= 4 is 21.7 Å². The highest BCUT2D eigenvalue weighted by atomic mass is 16.5. The maximum atomic E-state index is 10.00. The van der Waals surface area contributed by atoms with E-state index in [1.54, 1.807) is 13.2 Å². The average Bonchev–Trinajstić information content (AvgIpc) is 2.73. The third-order valence-electron chi connectivity index (χ3n) is 5.72.